The smallest absolute Gasteiger partial charge is 0.0884 e. The molecule has 0 aliphatic heterocycles. The minimum absolute atomic E-state index is 0.308. The third kappa shape index (κ3) is 7.21. The molecule has 158 valence electrons. The fraction of sp³-hybridized carbons (Fsp3) is 0.480. The van der Waals surface area contributed by atoms with E-state index < -0.39 is 0 Å². The molecule has 0 bridgehead atoms. The largest absolute Gasteiger partial charge is 0.401 e. The minimum atomic E-state index is 0.308. The molecule has 2 unspecified atom stereocenters. The van der Waals surface area contributed by atoms with Gasteiger partial charge in [-0.05, 0) is 75.3 Å². The van der Waals surface area contributed by atoms with Crippen molar-refractivity contribution < 1.29 is 0 Å². The summed E-state index contributed by atoms with van der Waals surface area (Å²) in [5.74, 6) is 0.910. The Morgan fingerprint density at radius 1 is 1.31 bits per heavy atom. The van der Waals surface area contributed by atoms with Gasteiger partial charge in [0.25, 0.3) is 0 Å². The zero-order valence-corrected chi connectivity index (χ0v) is 18.5. The summed E-state index contributed by atoms with van der Waals surface area (Å²) < 4.78 is 0. The first-order valence-electron chi connectivity index (χ1n) is 10.8. The highest BCUT2D eigenvalue weighted by atomic mass is 15.0. The van der Waals surface area contributed by atoms with Crippen molar-refractivity contribution in [2.75, 3.05) is 25.1 Å². The number of allylic oxidation sites excluding steroid dienone is 5. The Bertz CT molecular complexity index is 758. The summed E-state index contributed by atoms with van der Waals surface area (Å²) >= 11 is 0. The first kappa shape index (κ1) is 23.0. The molecular formula is C25H38N4. The van der Waals surface area contributed by atoms with Gasteiger partial charge in [-0.1, -0.05) is 43.4 Å². The quantitative estimate of drug-likeness (QED) is 0.357. The van der Waals surface area contributed by atoms with Gasteiger partial charge < -0.3 is 11.1 Å². The Morgan fingerprint density at radius 3 is 2.83 bits per heavy atom. The Kier molecular flexibility index (Phi) is 9.72. The van der Waals surface area contributed by atoms with E-state index in [2.05, 4.69) is 78.9 Å². The van der Waals surface area contributed by atoms with E-state index in [4.69, 9.17) is 5.73 Å². The van der Waals surface area contributed by atoms with Crippen LogP contribution in [0.25, 0.3) is 0 Å². The summed E-state index contributed by atoms with van der Waals surface area (Å²) in [6.45, 7) is 11.1. The number of nitrogens with one attached hydrogen (secondary N) is 2. The van der Waals surface area contributed by atoms with Crippen LogP contribution in [0.1, 0.15) is 45.6 Å². The van der Waals surface area contributed by atoms with E-state index in [9.17, 15) is 0 Å². The molecule has 2 atom stereocenters. The van der Waals surface area contributed by atoms with E-state index >= 15 is 0 Å². The van der Waals surface area contributed by atoms with E-state index in [1.807, 2.05) is 13.1 Å². The molecule has 4 N–H and O–H groups in total. The van der Waals surface area contributed by atoms with Crippen LogP contribution in [-0.2, 0) is 0 Å². The molecule has 0 saturated carbocycles. The SMILES string of the molecule is C/C=C\C1=C(N)C(C(/C=N\CNCCC(C)CNc2ccccc2C)=C/C)CC1. The van der Waals surface area contributed by atoms with E-state index in [1.165, 1.54) is 22.4 Å². The lowest BCUT2D eigenvalue weighted by Crippen LogP contribution is -2.21. The first-order chi connectivity index (χ1) is 14.1. The highest BCUT2D eigenvalue weighted by Gasteiger charge is 2.24. The van der Waals surface area contributed by atoms with Gasteiger partial charge in [-0.3, -0.25) is 10.3 Å². The minimum Gasteiger partial charge on any atom is -0.401 e. The predicted molar refractivity (Wildman–Crippen MR) is 127 cm³/mol. The highest BCUT2D eigenvalue weighted by Crippen LogP contribution is 2.33. The molecule has 4 nitrogen and oxygen atoms in total. The summed E-state index contributed by atoms with van der Waals surface area (Å²) in [7, 11) is 0. The molecule has 0 heterocycles. The zero-order chi connectivity index (χ0) is 21.1. The van der Waals surface area contributed by atoms with Crippen LogP contribution in [0.3, 0.4) is 0 Å². The summed E-state index contributed by atoms with van der Waals surface area (Å²) in [5.41, 5.74) is 12.4. The van der Waals surface area contributed by atoms with E-state index in [0.29, 0.717) is 18.5 Å². The number of aryl methyl sites for hydroxylation is 1. The average molecular weight is 395 g/mol. The monoisotopic (exact) mass is 394 g/mol. The molecule has 1 aromatic carbocycles. The average Bonchev–Trinajstić information content (AvgIpc) is 3.07. The second-order valence-electron chi connectivity index (χ2n) is 7.92. The molecule has 2 rings (SSSR count). The third-order valence-electron chi connectivity index (χ3n) is 5.60. The van der Waals surface area contributed by atoms with Crippen molar-refractivity contribution in [1.29, 1.82) is 0 Å². The zero-order valence-electron chi connectivity index (χ0n) is 18.5. The van der Waals surface area contributed by atoms with E-state index in [-0.39, 0.29) is 0 Å². The Morgan fingerprint density at radius 2 is 2.10 bits per heavy atom. The fourth-order valence-corrected chi connectivity index (χ4v) is 3.72. The summed E-state index contributed by atoms with van der Waals surface area (Å²) in [6, 6.07) is 8.43. The summed E-state index contributed by atoms with van der Waals surface area (Å²) in [6.07, 6.45) is 11.6. The second-order valence-corrected chi connectivity index (χ2v) is 7.92. The number of anilines is 1. The number of para-hydroxylation sites is 1. The number of rotatable bonds is 11. The van der Waals surface area contributed by atoms with Gasteiger partial charge in [0.1, 0.15) is 0 Å². The number of benzene rings is 1. The molecule has 0 fully saturated rings. The maximum absolute atomic E-state index is 6.36. The van der Waals surface area contributed by atoms with E-state index in [0.717, 1.165) is 38.0 Å². The highest BCUT2D eigenvalue weighted by molar-refractivity contribution is 5.80. The van der Waals surface area contributed by atoms with Crippen molar-refractivity contribution in [3.63, 3.8) is 0 Å². The molecule has 1 aromatic rings. The van der Waals surface area contributed by atoms with Crippen LogP contribution in [0.15, 0.2) is 64.3 Å². The lowest BCUT2D eigenvalue weighted by molar-refractivity contribution is 0.525. The van der Waals surface area contributed by atoms with Crippen LogP contribution in [0, 0.1) is 18.8 Å². The van der Waals surface area contributed by atoms with Crippen molar-refractivity contribution in [3.05, 3.63) is 64.9 Å². The summed E-state index contributed by atoms with van der Waals surface area (Å²) in [5, 5.41) is 6.98. The number of hydrogen-bond donors (Lipinski definition) is 3. The predicted octanol–water partition coefficient (Wildman–Crippen LogP) is 5.20. The summed E-state index contributed by atoms with van der Waals surface area (Å²) in [4.78, 5) is 4.58. The van der Waals surface area contributed by atoms with Crippen LogP contribution in [0.5, 0.6) is 0 Å². The molecule has 1 aliphatic rings. The van der Waals surface area contributed by atoms with Crippen LogP contribution in [0.4, 0.5) is 5.69 Å². The number of hydrogen-bond acceptors (Lipinski definition) is 4. The molecular weight excluding hydrogens is 356 g/mol. The van der Waals surface area contributed by atoms with Gasteiger partial charge in [-0.2, -0.15) is 0 Å². The number of aliphatic imine (C=N–C) groups is 1. The lowest BCUT2D eigenvalue weighted by atomic mass is 9.97. The Balaban J connectivity index is 1.67. The first-order valence-corrected chi connectivity index (χ1v) is 10.8. The number of nitrogens with zero attached hydrogens (tertiary/aromatic N) is 1. The van der Waals surface area contributed by atoms with Crippen LogP contribution >= 0.6 is 0 Å². The second kappa shape index (κ2) is 12.3. The maximum Gasteiger partial charge on any atom is 0.0884 e. The van der Waals surface area contributed by atoms with Crippen molar-refractivity contribution >= 4 is 11.9 Å². The fourth-order valence-electron chi connectivity index (χ4n) is 3.72. The van der Waals surface area contributed by atoms with Gasteiger partial charge >= 0.3 is 0 Å². The molecule has 4 heteroatoms. The van der Waals surface area contributed by atoms with Gasteiger partial charge in [-0.25, -0.2) is 0 Å². The molecule has 0 saturated heterocycles. The molecule has 1 aliphatic carbocycles. The third-order valence-corrected chi connectivity index (χ3v) is 5.60. The van der Waals surface area contributed by atoms with Crippen LogP contribution in [-0.4, -0.2) is 26.0 Å². The Labute approximate surface area is 177 Å². The van der Waals surface area contributed by atoms with Gasteiger partial charge in [0, 0.05) is 30.1 Å². The topological polar surface area (TPSA) is 62.4 Å². The van der Waals surface area contributed by atoms with Crippen molar-refractivity contribution in [2.24, 2.45) is 22.6 Å². The maximum atomic E-state index is 6.36. The molecule has 0 aromatic heterocycles. The Hall–Kier alpha value is -2.33. The van der Waals surface area contributed by atoms with E-state index in [1.54, 1.807) is 0 Å². The molecule has 29 heavy (non-hydrogen) atoms. The van der Waals surface area contributed by atoms with Gasteiger partial charge in [0.05, 0.1) is 6.67 Å². The van der Waals surface area contributed by atoms with Crippen molar-refractivity contribution in [3.8, 4) is 0 Å². The van der Waals surface area contributed by atoms with Crippen LogP contribution in [0.2, 0.25) is 0 Å². The van der Waals surface area contributed by atoms with Crippen LogP contribution < -0.4 is 16.4 Å². The van der Waals surface area contributed by atoms with Crippen molar-refractivity contribution in [1.82, 2.24) is 5.32 Å². The van der Waals surface area contributed by atoms with Gasteiger partial charge in [-0.15, -0.1) is 0 Å². The van der Waals surface area contributed by atoms with Crippen molar-refractivity contribution in [2.45, 2.75) is 47.0 Å². The van der Waals surface area contributed by atoms with Gasteiger partial charge in [0.2, 0.25) is 0 Å². The van der Waals surface area contributed by atoms with Gasteiger partial charge in [0.15, 0.2) is 0 Å². The lowest BCUT2D eigenvalue weighted by Gasteiger charge is -2.15. The molecule has 0 amide bonds. The standard InChI is InChI=1S/C25H38N4/c1-5-9-22-12-13-23(25(22)26)21(6-2)17-28-18-27-15-14-19(3)16-29-24-11-8-7-10-20(24)4/h5-11,17,19,23,27,29H,12-16,18,26H2,1-4H3/b9-5-,21-6+,28-17-. The number of nitrogens with two attached hydrogens (primary N) is 1. The molecule has 0 radical (unpaired) electrons. The normalized spacial score (nSPS) is 18.9. The molecule has 0 spiro atoms.